The molecule has 1 N–H and O–H groups in total. The van der Waals surface area contributed by atoms with Crippen LogP contribution in [-0.2, 0) is 14.8 Å². The second-order valence-corrected chi connectivity index (χ2v) is 9.94. The number of carbonyl (C=O) groups excluding carboxylic acids is 1. The summed E-state index contributed by atoms with van der Waals surface area (Å²) in [6, 6.07) is 8.32. The number of hydrogen-bond acceptors (Lipinski definition) is 7. The van der Waals surface area contributed by atoms with Crippen LogP contribution in [0.3, 0.4) is 0 Å². The number of benzene rings is 2. The van der Waals surface area contributed by atoms with Crippen LogP contribution in [0.15, 0.2) is 59.5 Å². The van der Waals surface area contributed by atoms with E-state index in [1.165, 1.54) is 24.3 Å². The molecule has 9 nitrogen and oxygen atoms in total. The third-order valence-electron chi connectivity index (χ3n) is 4.66. The summed E-state index contributed by atoms with van der Waals surface area (Å²) < 4.78 is 38.4. The van der Waals surface area contributed by atoms with Gasteiger partial charge in [-0.15, -0.1) is 0 Å². The fraction of sp³-hybridized carbons (Fsp3) is 0.261. The first-order valence-electron chi connectivity index (χ1n) is 10.2. The Bertz CT molecular complexity index is 1180. The van der Waals surface area contributed by atoms with E-state index in [0.29, 0.717) is 30.8 Å². The second kappa shape index (κ2) is 13.2. The highest BCUT2D eigenvalue weighted by atomic mass is 127. The number of hydrogen-bond donors (Lipinski definition) is 1. The molecule has 0 unspecified atom stereocenters. The molecule has 2 aromatic carbocycles. The number of ether oxygens (including phenoxy) is 2. The van der Waals surface area contributed by atoms with E-state index in [9.17, 15) is 23.3 Å². The van der Waals surface area contributed by atoms with Crippen molar-refractivity contribution in [1.29, 1.82) is 0 Å². The van der Waals surface area contributed by atoms with E-state index >= 15 is 0 Å². The fourth-order valence-corrected chi connectivity index (χ4v) is 4.54. The van der Waals surface area contributed by atoms with Gasteiger partial charge >= 0.3 is 0 Å². The summed E-state index contributed by atoms with van der Waals surface area (Å²) in [4.78, 5) is 22.1. The molecule has 182 valence electrons. The molecule has 0 aliphatic carbocycles. The fourth-order valence-electron chi connectivity index (χ4n) is 2.85. The van der Waals surface area contributed by atoms with Crippen molar-refractivity contribution in [2.45, 2.75) is 24.2 Å². The molecule has 0 spiro atoms. The molecule has 0 aliphatic heterocycles. The molecule has 0 saturated carbocycles. The van der Waals surface area contributed by atoms with Crippen LogP contribution in [0.5, 0.6) is 11.5 Å². The van der Waals surface area contributed by atoms with Crippen LogP contribution >= 0.6 is 22.6 Å². The zero-order chi connectivity index (χ0) is 25.1. The van der Waals surface area contributed by atoms with Gasteiger partial charge in [-0.25, -0.2) is 13.1 Å². The van der Waals surface area contributed by atoms with Crippen molar-refractivity contribution in [1.82, 2.24) is 4.72 Å². The molecule has 0 amide bonds. The largest absolute Gasteiger partial charge is 0.493 e. The molecule has 0 aromatic heterocycles. The lowest BCUT2D eigenvalue weighted by molar-refractivity contribution is -0.384. The van der Waals surface area contributed by atoms with Crippen molar-refractivity contribution in [3.63, 3.8) is 0 Å². The average Bonchev–Trinajstić information content (AvgIpc) is 2.82. The van der Waals surface area contributed by atoms with E-state index in [1.807, 2.05) is 6.07 Å². The molecule has 0 bridgehead atoms. The van der Waals surface area contributed by atoms with Gasteiger partial charge in [-0.05, 0) is 89.9 Å². The van der Waals surface area contributed by atoms with Crippen LogP contribution in [0.1, 0.15) is 24.8 Å². The SMILES string of the molecule is COc1cc(I)c(/C=C/C(=O)/C=C/CCCCNS(=O)(=O)c2ccc([N+](=O)[O-])cc2)cc1OC. The summed E-state index contributed by atoms with van der Waals surface area (Å²) in [6.45, 7) is 0.221. The Hall–Kier alpha value is -2.77. The van der Waals surface area contributed by atoms with Gasteiger partial charge in [0.2, 0.25) is 10.0 Å². The van der Waals surface area contributed by atoms with E-state index in [-0.39, 0.29) is 22.9 Å². The number of allylic oxidation sites excluding steroid dienone is 3. The minimum Gasteiger partial charge on any atom is -0.493 e. The molecule has 0 fully saturated rings. The summed E-state index contributed by atoms with van der Waals surface area (Å²) in [5, 5.41) is 10.7. The summed E-state index contributed by atoms with van der Waals surface area (Å²) in [5.41, 5.74) is 0.661. The van der Waals surface area contributed by atoms with Gasteiger partial charge in [-0.2, -0.15) is 0 Å². The first-order valence-corrected chi connectivity index (χ1v) is 12.8. The number of nitrogens with one attached hydrogen (secondary N) is 1. The quantitative estimate of drug-likeness (QED) is 0.118. The van der Waals surface area contributed by atoms with Crippen LogP contribution < -0.4 is 14.2 Å². The standard InChI is InChI=1S/C23H25IN2O7S/c1-32-22-15-17(21(24)16-23(22)33-2)8-11-19(27)7-5-3-4-6-14-25-34(30,31)20-12-9-18(10-13-20)26(28)29/h5,7-13,15-16,25H,3-4,6,14H2,1-2H3/b7-5+,11-8+. The van der Waals surface area contributed by atoms with Gasteiger partial charge in [0.1, 0.15) is 0 Å². The Kier molecular flexibility index (Phi) is 10.7. The Labute approximate surface area is 212 Å². The van der Waals surface area contributed by atoms with Crippen molar-refractivity contribution in [3.05, 3.63) is 73.9 Å². The Morgan fingerprint density at radius 3 is 2.35 bits per heavy atom. The van der Waals surface area contributed by atoms with Crippen LogP contribution in [0.25, 0.3) is 6.08 Å². The Balaban J connectivity index is 1.76. The van der Waals surface area contributed by atoms with Crippen LogP contribution in [-0.4, -0.2) is 39.9 Å². The van der Waals surface area contributed by atoms with Crippen molar-refractivity contribution >= 4 is 50.2 Å². The Morgan fingerprint density at radius 2 is 1.74 bits per heavy atom. The maximum atomic E-state index is 12.2. The lowest BCUT2D eigenvalue weighted by Crippen LogP contribution is -2.24. The number of carbonyl (C=O) groups is 1. The molecular weight excluding hydrogens is 575 g/mol. The van der Waals surface area contributed by atoms with Gasteiger partial charge < -0.3 is 9.47 Å². The summed E-state index contributed by atoms with van der Waals surface area (Å²) in [7, 11) is -0.617. The van der Waals surface area contributed by atoms with Crippen molar-refractivity contribution < 1.29 is 27.6 Å². The van der Waals surface area contributed by atoms with E-state index in [2.05, 4.69) is 27.3 Å². The number of nitro benzene ring substituents is 1. The summed E-state index contributed by atoms with van der Waals surface area (Å²) in [5.74, 6) is 1.03. The predicted octanol–water partition coefficient (Wildman–Crippen LogP) is 4.50. The van der Waals surface area contributed by atoms with E-state index in [4.69, 9.17) is 9.47 Å². The molecule has 11 heteroatoms. The Morgan fingerprint density at radius 1 is 1.09 bits per heavy atom. The first-order chi connectivity index (χ1) is 16.2. The monoisotopic (exact) mass is 600 g/mol. The lowest BCUT2D eigenvalue weighted by atomic mass is 10.1. The third-order valence-corrected chi connectivity index (χ3v) is 7.07. The molecule has 2 rings (SSSR count). The lowest BCUT2D eigenvalue weighted by Gasteiger charge is -2.09. The number of halogens is 1. The number of ketones is 1. The van der Waals surface area contributed by atoms with Crippen LogP contribution in [0.4, 0.5) is 5.69 Å². The highest BCUT2D eigenvalue weighted by molar-refractivity contribution is 14.1. The number of methoxy groups -OCH3 is 2. The van der Waals surface area contributed by atoms with Crippen molar-refractivity contribution in [3.8, 4) is 11.5 Å². The second-order valence-electron chi connectivity index (χ2n) is 7.01. The van der Waals surface area contributed by atoms with Gasteiger partial charge in [-0.3, -0.25) is 14.9 Å². The summed E-state index contributed by atoms with van der Waals surface area (Å²) in [6.07, 6.45) is 8.28. The molecule has 0 atom stereocenters. The van der Waals surface area contributed by atoms with Gasteiger partial charge in [0.25, 0.3) is 5.69 Å². The van der Waals surface area contributed by atoms with Gasteiger partial charge in [-0.1, -0.05) is 6.08 Å². The van der Waals surface area contributed by atoms with E-state index in [1.54, 1.807) is 32.4 Å². The zero-order valence-electron chi connectivity index (χ0n) is 18.7. The minimum atomic E-state index is -3.73. The molecule has 0 heterocycles. The minimum absolute atomic E-state index is 0.0282. The first kappa shape index (κ1) is 27.5. The van der Waals surface area contributed by atoms with Crippen molar-refractivity contribution in [2.75, 3.05) is 20.8 Å². The maximum absolute atomic E-state index is 12.2. The number of nitro groups is 1. The van der Waals surface area contributed by atoms with E-state index < -0.39 is 14.9 Å². The van der Waals surface area contributed by atoms with Crippen LogP contribution in [0, 0.1) is 13.7 Å². The zero-order valence-corrected chi connectivity index (χ0v) is 21.7. The maximum Gasteiger partial charge on any atom is 0.269 e. The topological polar surface area (TPSA) is 125 Å². The number of sulfonamides is 1. The third kappa shape index (κ3) is 8.22. The van der Waals surface area contributed by atoms with Gasteiger partial charge in [0, 0.05) is 22.2 Å². The molecule has 34 heavy (non-hydrogen) atoms. The smallest absolute Gasteiger partial charge is 0.269 e. The molecular formula is C23H25IN2O7S. The molecule has 0 aliphatic rings. The molecule has 0 radical (unpaired) electrons. The van der Waals surface area contributed by atoms with Crippen LogP contribution in [0.2, 0.25) is 0 Å². The summed E-state index contributed by atoms with van der Waals surface area (Å²) >= 11 is 2.16. The highest BCUT2D eigenvalue weighted by Gasteiger charge is 2.15. The number of unbranched alkanes of at least 4 members (excludes halogenated alkanes) is 2. The normalized spacial score (nSPS) is 11.7. The average molecular weight is 600 g/mol. The number of rotatable bonds is 13. The molecule has 2 aromatic rings. The van der Waals surface area contributed by atoms with Gasteiger partial charge in [0.15, 0.2) is 17.3 Å². The predicted molar refractivity (Wildman–Crippen MR) is 138 cm³/mol. The molecule has 0 saturated heterocycles. The van der Waals surface area contributed by atoms with Gasteiger partial charge in [0.05, 0.1) is 24.0 Å². The highest BCUT2D eigenvalue weighted by Crippen LogP contribution is 2.31. The van der Waals surface area contributed by atoms with E-state index in [0.717, 1.165) is 21.3 Å². The van der Waals surface area contributed by atoms with Crippen molar-refractivity contribution in [2.24, 2.45) is 0 Å². The number of non-ortho nitro benzene ring substituents is 1. The number of nitrogens with zero attached hydrogens (tertiary/aromatic N) is 1.